The molecule has 5 nitrogen and oxygen atoms in total. The Morgan fingerprint density at radius 3 is 2.36 bits per heavy atom. The lowest BCUT2D eigenvalue weighted by Gasteiger charge is -2.14. The maximum atomic E-state index is 13.0. The fourth-order valence-corrected chi connectivity index (χ4v) is 4.16. The lowest BCUT2D eigenvalue weighted by atomic mass is 10.00. The van der Waals surface area contributed by atoms with Crippen molar-refractivity contribution in [2.45, 2.75) is 32.6 Å². The Bertz CT molecular complexity index is 988. The van der Waals surface area contributed by atoms with Crippen LogP contribution >= 0.6 is 0 Å². The molecule has 1 aromatic heterocycles. The molecule has 3 rings (SSSR count). The monoisotopic (exact) mass is 315 g/mol. The van der Waals surface area contributed by atoms with Crippen molar-refractivity contribution in [3.05, 3.63) is 52.6 Å². The number of hydrogen-bond donors (Lipinski definition) is 0. The molecule has 2 aromatic carbocycles. The van der Waals surface area contributed by atoms with Crippen LogP contribution < -0.4 is 0 Å². The number of nitrogens with zero attached hydrogens (tertiary/aromatic N) is 3. The first-order chi connectivity index (χ1) is 10.3. The topological polar surface area (TPSA) is 64.8 Å². The second kappa shape index (κ2) is 4.91. The molecular formula is C16H17N3O2S. The van der Waals surface area contributed by atoms with Crippen LogP contribution in [-0.4, -0.2) is 22.8 Å². The summed E-state index contributed by atoms with van der Waals surface area (Å²) >= 11 is 0. The summed E-state index contributed by atoms with van der Waals surface area (Å²) in [5.74, 6) is 0. The highest BCUT2D eigenvalue weighted by atomic mass is 32.2. The second-order valence-corrected chi connectivity index (χ2v) is 7.23. The van der Waals surface area contributed by atoms with Gasteiger partial charge in [-0.15, -0.1) is 9.19 Å². The summed E-state index contributed by atoms with van der Waals surface area (Å²) < 4.78 is 27.0. The third-order valence-electron chi connectivity index (χ3n) is 4.26. The van der Waals surface area contributed by atoms with Crippen molar-refractivity contribution in [1.29, 1.82) is 0 Å². The zero-order valence-electron chi connectivity index (χ0n) is 13.0. The lowest BCUT2D eigenvalue weighted by molar-refractivity contribution is 0.578. The van der Waals surface area contributed by atoms with E-state index in [1.807, 2.05) is 27.7 Å². The van der Waals surface area contributed by atoms with Crippen LogP contribution in [0.5, 0.6) is 0 Å². The molecule has 0 fully saturated rings. The van der Waals surface area contributed by atoms with E-state index in [-0.39, 0.29) is 4.90 Å². The number of rotatable bonds is 2. The molecule has 0 radical (unpaired) electrons. The first-order valence-corrected chi connectivity index (χ1v) is 8.41. The van der Waals surface area contributed by atoms with E-state index < -0.39 is 10.0 Å². The molecule has 22 heavy (non-hydrogen) atoms. The predicted octanol–water partition coefficient (Wildman–Crippen LogP) is 2.90. The van der Waals surface area contributed by atoms with E-state index in [0.717, 1.165) is 26.3 Å². The number of aryl methyl sites for hydroxylation is 1. The van der Waals surface area contributed by atoms with Gasteiger partial charge in [0, 0.05) is 0 Å². The van der Waals surface area contributed by atoms with Crippen LogP contribution in [0.1, 0.15) is 22.3 Å². The molecule has 0 aliphatic carbocycles. The minimum Gasteiger partial charge on any atom is -0.199 e. The normalized spacial score (nSPS) is 12.0. The van der Waals surface area contributed by atoms with Gasteiger partial charge in [-0.2, -0.15) is 8.42 Å². The number of benzene rings is 2. The van der Waals surface area contributed by atoms with Crippen molar-refractivity contribution in [1.82, 2.24) is 14.4 Å². The Balaban J connectivity index is 2.32. The van der Waals surface area contributed by atoms with Gasteiger partial charge in [0.1, 0.15) is 11.0 Å². The SMILES string of the molecule is Cc1cc(S(=O)(=O)n2nnc3ccccc32)c(C)c(C)c1C. The Hall–Kier alpha value is -2.21. The van der Waals surface area contributed by atoms with Gasteiger partial charge in [0.2, 0.25) is 0 Å². The van der Waals surface area contributed by atoms with Gasteiger partial charge in [0.25, 0.3) is 10.0 Å². The van der Waals surface area contributed by atoms with Gasteiger partial charge in [-0.25, -0.2) is 0 Å². The molecule has 114 valence electrons. The largest absolute Gasteiger partial charge is 0.285 e. The summed E-state index contributed by atoms with van der Waals surface area (Å²) in [7, 11) is -3.77. The number of para-hydroxylation sites is 1. The Kier molecular flexibility index (Phi) is 3.29. The Morgan fingerprint density at radius 2 is 1.64 bits per heavy atom. The van der Waals surface area contributed by atoms with Gasteiger partial charge in [0.15, 0.2) is 0 Å². The van der Waals surface area contributed by atoms with Crippen molar-refractivity contribution >= 4 is 21.1 Å². The molecule has 0 N–H and O–H groups in total. The molecule has 3 aromatic rings. The zero-order chi connectivity index (χ0) is 16.1. The van der Waals surface area contributed by atoms with E-state index in [2.05, 4.69) is 10.3 Å². The van der Waals surface area contributed by atoms with Crippen molar-refractivity contribution in [3.63, 3.8) is 0 Å². The third kappa shape index (κ3) is 2.02. The van der Waals surface area contributed by atoms with Crippen molar-refractivity contribution in [3.8, 4) is 0 Å². The summed E-state index contributed by atoms with van der Waals surface area (Å²) in [6.45, 7) is 7.68. The summed E-state index contributed by atoms with van der Waals surface area (Å²) in [5, 5.41) is 7.78. The fraction of sp³-hybridized carbons (Fsp3) is 0.250. The van der Waals surface area contributed by atoms with Crippen molar-refractivity contribution in [2.75, 3.05) is 0 Å². The molecule has 0 atom stereocenters. The van der Waals surface area contributed by atoms with Gasteiger partial charge in [-0.1, -0.05) is 17.3 Å². The molecule has 0 bridgehead atoms. The van der Waals surface area contributed by atoms with Gasteiger partial charge in [0.05, 0.1) is 4.90 Å². The van der Waals surface area contributed by atoms with Crippen LogP contribution in [0.25, 0.3) is 11.0 Å². The van der Waals surface area contributed by atoms with Crippen LogP contribution in [-0.2, 0) is 10.0 Å². The standard InChI is InChI=1S/C16H17N3O2S/c1-10-9-16(13(4)12(3)11(10)2)22(20,21)19-15-8-6-5-7-14(15)17-18-19/h5-9H,1-4H3. The molecule has 0 aliphatic heterocycles. The molecule has 0 amide bonds. The van der Waals surface area contributed by atoms with Crippen molar-refractivity contribution < 1.29 is 8.42 Å². The maximum Gasteiger partial charge on any atom is 0.285 e. The maximum absolute atomic E-state index is 13.0. The van der Waals surface area contributed by atoms with E-state index in [1.165, 1.54) is 0 Å². The minimum atomic E-state index is -3.77. The summed E-state index contributed by atoms with van der Waals surface area (Å²) in [6, 6.07) is 8.74. The molecule has 1 heterocycles. The van der Waals surface area contributed by atoms with Crippen molar-refractivity contribution in [2.24, 2.45) is 0 Å². The average molecular weight is 315 g/mol. The van der Waals surface area contributed by atoms with Crippen LogP contribution in [0.4, 0.5) is 0 Å². The highest BCUT2D eigenvalue weighted by molar-refractivity contribution is 7.90. The molecule has 0 aliphatic rings. The predicted molar refractivity (Wildman–Crippen MR) is 85.5 cm³/mol. The van der Waals surface area contributed by atoms with E-state index in [4.69, 9.17) is 0 Å². The molecule has 0 spiro atoms. The molecular weight excluding hydrogens is 298 g/mol. The first kappa shape index (κ1) is 14.7. The average Bonchev–Trinajstić information content (AvgIpc) is 2.93. The van der Waals surface area contributed by atoms with E-state index >= 15 is 0 Å². The molecule has 6 heteroatoms. The molecule has 0 saturated carbocycles. The lowest BCUT2D eigenvalue weighted by Crippen LogP contribution is -2.17. The summed E-state index contributed by atoms with van der Waals surface area (Å²) in [5.41, 5.74) is 4.85. The fourth-order valence-electron chi connectivity index (χ4n) is 2.56. The van der Waals surface area contributed by atoms with E-state index in [0.29, 0.717) is 11.0 Å². The first-order valence-electron chi connectivity index (χ1n) is 6.97. The zero-order valence-corrected chi connectivity index (χ0v) is 13.8. The summed E-state index contributed by atoms with van der Waals surface area (Å²) in [4.78, 5) is 0.281. The smallest absolute Gasteiger partial charge is 0.199 e. The van der Waals surface area contributed by atoms with Crippen LogP contribution in [0.2, 0.25) is 0 Å². The van der Waals surface area contributed by atoms with Crippen LogP contribution in [0.15, 0.2) is 35.2 Å². The van der Waals surface area contributed by atoms with Crippen LogP contribution in [0.3, 0.4) is 0 Å². The van der Waals surface area contributed by atoms with Gasteiger partial charge in [-0.3, -0.25) is 0 Å². The third-order valence-corrected chi connectivity index (χ3v) is 5.97. The highest BCUT2D eigenvalue weighted by Crippen LogP contribution is 2.27. The number of fused-ring (bicyclic) bond motifs is 1. The van der Waals surface area contributed by atoms with Gasteiger partial charge in [-0.05, 0) is 68.1 Å². The number of aromatic nitrogens is 3. The second-order valence-electron chi connectivity index (χ2n) is 5.49. The Morgan fingerprint density at radius 1 is 0.955 bits per heavy atom. The quantitative estimate of drug-likeness (QED) is 0.729. The van der Waals surface area contributed by atoms with Gasteiger partial charge < -0.3 is 0 Å². The molecule has 0 saturated heterocycles. The Labute approximate surface area is 129 Å². The highest BCUT2D eigenvalue weighted by Gasteiger charge is 2.25. The number of hydrogen-bond acceptors (Lipinski definition) is 4. The van der Waals surface area contributed by atoms with E-state index in [9.17, 15) is 8.42 Å². The minimum absolute atomic E-state index is 0.281. The molecule has 0 unspecified atom stereocenters. The summed E-state index contributed by atoms with van der Waals surface area (Å²) in [6.07, 6.45) is 0. The van der Waals surface area contributed by atoms with E-state index in [1.54, 1.807) is 30.3 Å². The van der Waals surface area contributed by atoms with Gasteiger partial charge >= 0.3 is 0 Å². The van der Waals surface area contributed by atoms with Crippen LogP contribution in [0, 0.1) is 27.7 Å².